The molecule has 112 valence electrons. The van der Waals surface area contributed by atoms with Gasteiger partial charge in [0.2, 0.25) is 17.7 Å². The molecule has 1 N–H and O–H groups in total. The summed E-state index contributed by atoms with van der Waals surface area (Å²) in [5, 5.41) is 11.2. The van der Waals surface area contributed by atoms with Crippen LogP contribution in [0.1, 0.15) is 32.6 Å². The van der Waals surface area contributed by atoms with Crippen molar-refractivity contribution in [2.24, 2.45) is 5.92 Å². The molecular weight excluding hydrogens is 290 g/mol. The van der Waals surface area contributed by atoms with Crippen LogP contribution in [0.2, 0.25) is 5.02 Å². The van der Waals surface area contributed by atoms with Crippen molar-refractivity contribution in [3.63, 3.8) is 0 Å². The molecule has 0 radical (unpaired) electrons. The molecule has 0 aliphatic heterocycles. The number of nitrogens with one attached hydrogen (secondary N) is 1. The predicted octanol–water partition coefficient (Wildman–Crippen LogP) is 3.44. The molecular formula is C15H18ClN3O2. The molecule has 0 atom stereocenters. The van der Waals surface area contributed by atoms with E-state index in [0.717, 1.165) is 12.8 Å². The number of rotatable bonds is 6. The van der Waals surface area contributed by atoms with Gasteiger partial charge in [-0.05, 0) is 25.0 Å². The fourth-order valence-electron chi connectivity index (χ4n) is 2.04. The summed E-state index contributed by atoms with van der Waals surface area (Å²) in [5.41, 5.74) is 0.684. The molecule has 0 saturated carbocycles. The van der Waals surface area contributed by atoms with Crippen LogP contribution in [0.3, 0.4) is 0 Å². The molecule has 0 fully saturated rings. The minimum atomic E-state index is 0.0116. The molecule has 6 heteroatoms. The molecule has 1 heterocycles. The Morgan fingerprint density at radius 3 is 2.67 bits per heavy atom. The van der Waals surface area contributed by atoms with Crippen molar-refractivity contribution in [3.05, 3.63) is 35.2 Å². The first-order valence-corrected chi connectivity index (χ1v) is 7.38. The normalized spacial score (nSPS) is 10.9. The molecule has 0 aliphatic carbocycles. The lowest BCUT2D eigenvalue weighted by molar-refractivity contribution is -0.125. The maximum Gasteiger partial charge on any atom is 0.249 e. The van der Waals surface area contributed by atoms with E-state index in [2.05, 4.69) is 15.5 Å². The second kappa shape index (κ2) is 7.22. The van der Waals surface area contributed by atoms with Crippen LogP contribution in [0, 0.1) is 5.92 Å². The SMILES string of the molecule is CCC(CC)C(=O)NCc1nnc(-c2ccccc2Cl)o1. The van der Waals surface area contributed by atoms with E-state index < -0.39 is 0 Å². The molecule has 0 bridgehead atoms. The summed E-state index contributed by atoms with van der Waals surface area (Å²) in [6.07, 6.45) is 1.63. The van der Waals surface area contributed by atoms with Crippen molar-refractivity contribution >= 4 is 17.5 Å². The highest BCUT2D eigenvalue weighted by atomic mass is 35.5. The summed E-state index contributed by atoms with van der Waals surface area (Å²) < 4.78 is 5.53. The third-order valence-corrected chi connectivity index (χ3v) is 3.67. The van der Waals surface area contributed by atoms with Crippen LogP contribution >= 0.6 is 11.6 Å². The monoisotopic (exact) mass is 307 g/mol. The van der Waals surface area contributed by atoms with Gasteiger partial charge in [-0.2, -0.15) is 0 Å². The maximum atomic E-state index is 11.9. The van der Waals surface area contributed by atoms with Crippen LogP contribution in [0.25, 0.3) is 11.5 Å². The molecule has 0 saturated heterocycles. The summed E-state index contributed by atoms with van der Waals surface area (Å²) in [6, 6.07) is 7.25. The number of aromatic nitrogens is 2. The molecule has 0 unspecified atom stereocenters. The first kappa shape index (κ1) is 15.5. The van der Waals surface area contributed by atoms with Crippen LogP contribution < -0.4 is 5.32 Å². The highest BCUT2D eigenvalue weighted by Gasteiger charge is 2.16. The minimum absolute atomic E-state index is 0.0116. The van der Waals surface area contributed by atoms with E-state index in [0.29, 0.717) is 22.4 Å². The Kier molecular flexibility index (Phi) is 5.33. The Bertz CT molecular complexity index is 608. The van der Waals surface area contributed by atoms with Crippen molar-refractivity contribution in [2.45, 2.75) is 33.2 Å². The van der Waals surface area contributed by atoms with Gasteiger partial charge in [0.05, 0.1) is 17.1 Å². The first-order valence-electron chi connectivity index (χ1n) is 7.00. The van der Waals surface area contributed by atoms with Gasteiger partial charge in [-0.3, -0.25) is 4.79 Å². The smallest absolute Gasteiger partial charge is 0.249 e. The van der Waals surface area contributed by atoms with Crippen molar-refractivity contribution in [1.82, 2.24) is 15.5 Å². The van der Waals surface area contributed by atoms with Gasteiger partial charge in [0, 0.05) is 5.92 Å². The molecule has 0 spiro atoms. The molecule has 2 rings (SSSR count). The number of amides is 1. The highest BCUT2D eigenvalue weighted by Crippen LogP contribution is 2.26. The summed E-state index contributed by atoms with van der Waals surface area (Å²) in [6.45, 7) is 4.22. The standard InChI is InChI=1S/C15H18ClN3O2/c1-3-10(4-2)14(20)17-9-13-18-19-15(21-13)11-7-5-6-8-12(11)16/h5-8,10H,3-4,9H2,1-2H3,(H,17,20). The number of benzene rings is 1. The molecule has 5 nitrogen and oxygen atoms in total. The van der Waals surface area contributed by atoms with E-state index in [-0.39, 0.29) is 18.4 Å². The number of halogens is 1. The van der Waals surface area contributed by atoms with Gasteiger partial charge in [0.15, 0.2) is 0 Å². The lowest BCUT2D eigenvalue weighted by Gasteiger charge is -2.10. The summed E-state index contributed by atoms with van der Waals surface area (Å²) in [7, 11) is 0. The number of carbonyl (C=O) groups is 1. The summed E-state index contributed by atoms with van der Waals surface area (Å²) in [5.74, 6) is 0.755. The average Bonchev–Trinajstić information content (AvgIpc) is 2.95. The Labute approximate surface area is 128 Å². The van der Waals surface area contributed by atoms with Crippen LogP contribution in [0.15, 0.2) is 28.7 Å². The van der Waals surface area contributed by atoms with Crippen molar-refractivity contribution in [3.8, 4) is 11.5 Å². The quantitative estimate of drug-likeness (QED) is 0.887. The van der Waals surface area contributed by atoms with Gasteiger partial charge in [-0.15, -0.1) is 10.2 Å². The fraction of sp³-hybridized carbons (Fsp3) is 0.400. The van der Waals surface area contributed by atoms with Crippen LogP contribution in [-0.2, 0) is 11.3 Å². The van der Waals surface area contributed by atoms with E-state index >= 15 is 0 Å². The Hall–Kier alpha value is -1.88. The lowest BCUT2D eigenvalue weighted by atomic mass is 10.0. The van der Waals surface area contributed by atoms with Crippen molar-refractivity contribution in [2.75, 3.05) is 0 Å². The van der Waals surface area contributed by atoms with E-state index in [9.17, 15) is 4.79 Å². The third-order valence-electron chi connectivity index (χ3n) is 3.34. The average molecular weight is 308 g/mol. The van der Waals surface area contributed by atoms with Gasteiger partial charge in [0.1, 0.15) is 0 Å². The molecule has 1 amide bonds. The second-order valence-corrected chi connectivity index (χ2v) is 5.12. The van der Waals surface area contributed by atoms with Gasteiger partial charge >= 0.3 is 0 Å². The second-order valence-electron chi connectivity index (χ2n) is 4.71. The summed E-state index contributed by atoms with van der Waals surface area (Å²) in [4.78, 5) is 11.9. The number of carbonyl (C=O) groups excluding carboxylic acids is 1. The number of hydrogen-bond donors (Lipinski definition) is 1. The third kappa shape index (κ3) is 3.82. The first-order chi connectivity index (χ1) is 10.2. The van der Waals surface area contributed by atoms with Gasteiger partial charge < -0.3 is 9.73 Å². The van der Waals surface area contributed by atoms with Gasteiger partial charge in [0.25, 0.3) is 0 Å². The molecule has 1 aromatic carbocycles. The predicted molar refractivity (Wildman–Crippen MR) is 80.7 cm³/mol. The van der Waals surface area contributed by atoms with Crippen LogP contribution in [-0.4, -0.2) is 16.1 Å². The zero-order valence-electron chi connectivity index (χ0n) is 12.1. The van der Waals surface area contributed by atoms with E-state index in [1.165, 1.54) is 0 Å². The van der Waals surface area contributed by atoms with Gasteiger partial charge in [-0.1, -0.05) is 37.6 Å². The summed E-state index contributed by atoms with van der Waals surface area (Å²) >= 11 is 6.08. The zero-order chi connectivity index (χ0) is 15.2. The maximum absolute atomic E-state index is 11.9. The van der Waals surface area contributed by atoms with Gasteiger partial charge in [-0.25, -0.2) is 0 Å². The Morgan fingerprint density at radius 2 is 2.00 bits per heavy atom. The molecule has 21 heavy (non-hydrogen) atoms. The van der Waals surface area contributed by atoms with E-state index in [4.69, 9.17) is 16.0 Å². The van der Waals surface area contributed by atoms with Crippen LogP contribution in [0.4, 0.5) is 0 Å². The number of nitrogens with zero attached hydrogens (tertiary/aromatic N) is 2. The molecule has 2 aromatic rings. The van der Waals surface area contributed by atoms with Crippen molar-refractivity contribution < 1.29 is 9.21 Å². The molecule has 0 aliphatic rings. The highest BCUT2D eigenvalue weighted by molar-refractivity contribution is 6.33. The number of hydrogen-bond acceptors (Lipinski definition) is 4. The van der Waals surface area contributed by atoms with Crippen molar-refractivity contribution in [1.29, 1.82) is 0 Å². The topological polar surface area (TPSA) is 68.0 Å². The minimum Gasteiger partial charge on any atom is -0.419 e. The Balaban J connectivity index is 2.01. The fourth-order valence-corrected chi connectivity index (χ4v) is 2.25. The molecule has 1 aromatic heterocycles. The van der Waals surface area contributed by atoms with E-state index in [1.807, 2.05) is 32.0 Å². The zero-order valence-corrected chi connectivity index (χ0v) is 12.9. The van der Waals surface area contributed by atoms with Crippen LogP contribution in [0.5, 0.6) is 0 Å². The van der Waals surface area contributed by atoms with E-state index in [1.54, 1.807) is 6.07 Å². The Morgan fingerprint density at radius 1 is 1.29 bits per heavy atom. The largest absolute Gasteiger partial charge is 0.419 e. The lowest BCUT2D eigenvalue weighted by Crippen LogP contribution is -2.29.